The van der Waals surface area contributed by atoms with Crippen molar-refractivity contribution in [1.82, 2.24) is 29.9 Å². The summed E-state index contributed by atoms with van der Waals surface area (Å²) in [5, 5.41) is 8.77. The molecule has 34 heavy (non-hydrogen) atoms. The van der Waals surface area contributed by atoms with Crippen molar-refractivity contribution in [1.29, 1.82) is 0 Å². The lowest BCUT2D eigenvalue weighted by atomic mass is 10.2. The Balaban J connectivity index is 1.65. The Morgan fingerprint density at radius 3 is 2.38 bits per heavy atom. The highest BCUT2D eigenvalue weighted by atomic mass is 32.2. The fraction of sp³-hybridized carbons (Fsp3) is 0.381. The van der Waals surface area contributed by atoms with Gasteiger partial charge in [0.15, 0.2) is 10.9 Å². The second-order valence-corrected chi connectivity index (χ2v) is 8.41. The quantitative estimate of drug-likeness (QED) is 0.381. The van der Waals surface area contributed by atoms with E-state index in [-0.39, 0.29) is 23.1 Å². The zero-order valence-corrected chi connectivity index (χ0v) is 19.2. The van der Waals surface area contributed by atoms with E-state index in [2.05, 4.69) is 25.0 Å². The number of morpholine rings is 1. The Kier molecular flexibility index (Phi) is 7.03. The van der Waals surface area contributed by atoms with Crippen LogP contribution in [0.25, 0.3) is 5.69 Å². The lowest BCUT2D eigenvalue weighted by Crippen LogP contribution is -2.41. The van der Waals surface area contributed by atoms with Gasteiger partial charge >= 0.3 is 6.36 Å². The Bertz CT molecular complexity index is 1140. The van der Waals surface area contributed by atoms with Gasteiger partial charge in [0.05, 0.1) is 24.6 Å². The number of aromatic nitrogens is 5. The monoisotopic (exact) mass is 494 g/mol. The summed E-state index contributed by atoms with van der Waals surface area (Å²) < 4.78 is 48.2. The van der Waals surface area contributed by atoms with Gasteiger partial charge in [0.1, 0.15) is 5.75 Å². The fourth-order valence-electron chi connectivity index (χ4n) is 3.40. The molecule has 0 saturated carbocycles. The molecule has 0 spiro atoms. The SMILES string of the molecule is Cc1cc(C)nc(SCc2c(C(=O)N3CCOCC3)nnn2-c2ccc(OC(F)(F)F)cc2)n1. The molecule has 1 fully saturated rings. The zero-order valence-electron chi connectivity index (χ0n) is 18.4. The fourth-order valence-corrected chi connectivity index (χ4v) is 4.34. The number of rotatable bonds is 6. The molecular formula is C21H21F3N6O3S. The lowest BCUT2D eigenvalue weighted by Gasteiger charge is -2.26. The molecule has 1 amide bonds. The molecule has 1 aliphatic rings. The third-order valence-electron chi connectivity index (χ3n) is 4.88. The Morgan fingerprint density at radius 1 is 1.12 bits per heavy atom. The molecule has 9 nitrogen and oxygen atoms in total. The van der Waals surface area contributed by atoms with Crippen molar-refractivity contribution in [3.05, 3.63) is 53.1 Å². The summed E-state index contributed by atoms with van der Waals surface area (Å²) in [5.41, 5.74) is 2.70. The summed E-state index contributed by atoms with van der Waals surface area (Å²) >= 11 is 1.31. The van der Waals surface area contributed by atoms with Crippen LogP contribution in [0.15, 0.2) is 35.5 Å². The highest BCUT2D eigenvalue weighted by molar-refractivity contribution is 7.98. The second-order valence-electron chi connectivity index (χ2n) is 7.46. The normalized spacial score (nSPS) is 14.3. The predicted octanol–water partition coefficient (Wildman–Crippen LogP) is 3.34. The first-order chi connectivity index (χ1) is 16.2. The number of aryl methyl sites for hydroxylation is 2. The number of benzene rings is 1. The van der Waals surface area contributed by atoms with Gasteiger partial charge in [0.25, 0.3) is 5.91 Å². The Morgan fingerprint density at radius 2 is 1.76 bits per heavy atom. The number of carbonyl (C=O) groups is 1. The lowest BCUT2D eigenvalue weighted by molar-refractivity contribution is -0.274. The highest BCUT2D eigenvalue weighted by Gasteiger charge is 2.31. The highest BCUT2D eigenvalue weighted by Crippen LogP contribution is 2.27. The number of amides is 1. The van der Waals surface area contributed by atoms with Gasteiger partial charge in [0, 0.05) is 30.2 Å². The number of hydrogen-bond donors (Lipinski definition) is 0. The van der Waals surface area contributed by atoms with E-state index in [9.17, 15) is 18.0 Å². The van der Waals surface area contributed by atoms with E-state index in [1.54, 1.807) is 4.90 Å². The summed E-state index contributed by atoms with van der Waals surface area (Å²) in [6.07, 6.45) is -4.79. The van der Waals surface area contributed by atoms with Crippen LogP contribution >= 0.6 is 11.8 Å². The van der Waals surface area contributed by atoms with Crippen molar-refractivity contribution in [2.45, 2.75) is 31.1 Å². The molecule has 2 aromatic heterocycles. The maximum atomic E-state index is 13.2. The van der Waals surface area contributed by atoms with Crippen LogP contribution in [0.3, 0.4) is 0 Å². The average molecular weight is 494 g/mol. The van der Waals surface area contributed by atoms with Crippen molar-refractivity contribution in [2.24, 2.45) is 0 Å². The van der Waals surface area contributed by atoms with Crippen molar-refractivity contribution in [2.75, 3.05) is 26.3 Å². The van der Waals surface area contributed by atoms with E-state index in [1.165, 1.54) is 40.7 Å². The summed E-state index contributed by atoms with van der Waals surface area (Å²) in [6, 6.07) is 7.05. The van der Waals surface area contributed by atoms with Gasteiger partial charge in [0.2, 0.25) is 0 Å². The number of thioether (sulfide) groups is 1. The predicted molar refractivity (Wildman–Crippen MR) is 116 cm³/mol. The third-order valence-corrected chi connectivity index (χ3v) is 5.74. The summed E-state index contributed by atoms with van der Waals surface area (Å²) in [6.45, 7) is 5.46. The minimum atomic E-state index is -4.79. The third kappa shape index (κ3) is 5.83. The smallest absolute Gasteiger partial charge is 0.406 e. The van der Waals surface area contributed by atoms with Crippen LogP contribution < -0.4 is 4.74 Å². The molecule has 1 aliphatic heterocycles. The van der Waals surface area contributed by atoms with E-state index in [0.717, 1.165) is 11.4 Å². The molecule has 0 bridgehead atoms. The average Bonchev–Trinajstić information content (AvgIpc) is 3.20. The summed E-state index contributed by atoms with van der Waals surface area (Å²) in [5.74, 6) is -0.383. The molecule has 1 saturated heterocycles. The van der Waals surface area contributed by atoms with Crippen LogP contribution in [0.5, 0.6) is 5.75 Å². The van der Waals surface area contributed by atoms with Crippen LogP contribution in [0, 0.1) is 13.8 Å². The molecule has 0 atom stereocenters. The van der Waals surface area contributed by atoms with Gasteiger partial charge in [-0.2, -0.15) is 0 Å². The number of ether oxygens (including phenoxy) is 2. The first-order valence-corrected chi connectivity index (χ1v) is 11.3. The molecule has 1 aromatic carbocycles. The van der Waals surface area contributed by atoms with Crippen LogP contribution in [0.4, 0.5) is 13.2 Å². The first kappa shape index (κ1) is 24.0. The number of halogens is 3. The minimum absolute atomic E-state index is 0.161. The van der Waals surface area contributed by atoms with Crippen LogP contribution in [-0.2, 0) is 10.5 Å². The van der Waals surface area contributed by atoms with Crippen LogP contribution in [-0.4, -0.2) is 68.4 Å². The summed E-state index contributed by atoms with van der Waals surface area (Å²) in [4.78, 5) is 23.6. The van der Waals surface area contributed by atoms with Crippen molar-refractivity contribution < 1.29 is 27.4 Å². The van der Waals surface area contributed by atoms with Crippen molar-refractivity contribution in [3.63, 3.8) is 0 Å². The van der Waals surface area contributed by atoms with E-state index in [0.29, 0.717) is 42.8 Å². The first-order valence-electron chi connectivity index (χ1n) is 10.3. The van der Waals surface area contributed by atoms with Gasteiger partial charge in [-0.1, -0.05) is 17.0 Å². The van der Waals surface area contributed by atoms with Gasteiger partial charge in [-0.3, -0.25) is 4.79 Å². The van der Waals surface area contributed by atoms with E-state index >= 15 is 0 Å². The van der Waals surface area contributed by atoms with Crippen LogP contribution in [0.2, 0.25) is 0 Å². The number of alkyl halides is 3. The van der Waals surface area contributed by atoms with E-state index in [1.807, 2.05) is 19.9 Å². The summed E-state index contributed by atoms with van der Waals surface area (Å²) in [7, 11) is 0. The van der Waals surface area contributed by atoms with Gasteiger partial charge in [-0.25, -0.2) is 14.6 Å². The van der Waals surface area contributed by atoms with Gasteiger partial charge in [-0.15, -0.1) is 18.3 Å². The molecule has 3 aromatic rings. The van der Waals surface area contributed by atoms with Crippen LogP contribution in [0.1, 0.15) is 27.6 Å². The topological polar surface area (TPSA) is 95.3 Å². The number of carbonyl (C=O) groups excluding carboxylic acids is 1. The zero-order chi connectivity index (χ0) is 24.3. The molecule has 0 unspecified atom stereocenters. The molecule has 13 heteroatoms. The minimum Gasteiger partial charge on any atom is -0.406 e. The molecule has 4 rings (SSSR count). The Labute approximate surface area is 197 Å². The molecule has 0 N–H and O–H groups in total. The van der Waals surface area contributed by atoms with Crippen molar-refractivity contribution in [3.8, 4) is 11.4 Å². The molecule has 0 aliphatic carbocycles. The molecule has 180 valence electrons. The number of hydrogen-bond acceptors (Lipinski definition) is 8. The van der Waals surface area contributed by atoms with E-state index < -0.39 is 6.36 Å². The Hall–Kier alpha value is -3.19. The second kappa shape index (κ2) is 9.97. The molecular weight excluding hydrogens is 473 g/mol. The van der Waals surface area contributed by atoms with Gasteiger partial charge < -0.3 is 14.4 Å². The van der Waals surface area contributed by atoms with E-state index in [4.69, 9.17) is 4.74 Å². The molecule has 3 heterocycles. The standard InChI is InChI=1S/C21H21F3N6O3S/c1-13-11-14(2)26-20(25-13)34-12-17-18(19(31)29-7-9-32-10-8-29)27-28-30(17)15-3-5-16(6-4-15)33-21(22,23)24/h3-6,11H,7-10,12H2,1-2H3. The van der Waals surface area contributed by atoms with Gasteiger partial charge in [-0.05, 0) is 44.2 Å². The maximum Gasteiger partial charge on any atom is 0.573 e. The molecule has 0 radical (unpaired) electrons. The number of nitrogens with zero attached hydrogens (tertiary/aromatic N) is 6. The largest absolute Gasteiger partial charge is 0.573 e. The van der Waals surface area contributed by atoms with Crippen molar-refractivity contribution >= 4 is 17.7 Å². The maximum absolute atomic E-state index is 13.2.